The fraction of sp³-hybridized carbons (Fsp3) is 0.111. The predicted molar refractivity (Wildman–Crippen MR) is 61.9 cm³/mol. The molecule has 0 atom stereocenters. The third kappa shape index (κ3) is 6.44. The quantitative estimate of drug-likeness (QED) is 0.298. The first-order valence-corrected chi connectivity index (χ1v) is 4.37. The SMILES string of the molecule is CC(=O)O.NC(N)=Nc1ccccc1[N+](=O)[O-]. The molecule has 0 aliphatic rings. The summed E-state index contributed by atoms with van der Waals surface area (Å²) >= 11 is 0. The molecule has 92 valence electrons. The van der Waals surface area contributed by atoms with Crippen LogP contribution in [-0.4, -0.2) is 22.0 Å². The Hall–Kier alpha value is -2.64. The van der Waals surface area contributed by atoms with Crippen LogP contribution in [0.15, 0.2) is 29.3 Å². The van der Waals surface area contributed by atoms with E-state index in [1.165, 1.54) is 12.1 Å². The zero-order chi connectivity index (χ0) is 13.4. The molecule has 1 aromatic carbocycles. The molecule has 1 rings (SSSR count). The molecule has 0 radical (unpaired) electrons. The number of benzene rings is 1. The Morgan fingerprint density at radius 1 is 1.41 bits per heavy atom. The Morgan fingerprint density at radius 2 is 1.88 bits per heavy atom. The Bertz CT molecular complexity index is 436. The van der Waals surface area contributed by atoms with Gasteiger partial charge in [-0.15, -0.1) is 0 Å². The largest absolute Gasteiger partial charge is 0.481 e. The molecule has 0 heterocycles. The van der Waals surface area contributed by atoms with Gasteiger partial charge in [-0.25, -0.2) is 4.99 Å². The lowest BCUT2D eigenvalue weighted by molar-refractivity contribution is -0.384. The van der Waals surface area contributed by atoms with Crippen LogP contribution in [0.2, 0.25) is 0 Å². The van der Waals surface area contributed by atoms with Gasteiger partial charge < -0.3 is 16.6 Å². The van der Waals surface area contributed by atoms with E-state index in [-0.39, 0.29) is 17.3 Å². The summed E-state index contributed by atoms with van der Waals surface area (Å²) in [7, 11) is 0. The summed E-state index contributed by atoms with van der Waals surface area (Å²) in [6.45, 7) is 1.08. The molecule has 0 aliphatic heterocycles. The zero-order valence-corrected chi connectivity index (χ0v) is 9.03. The van der Waals surface area contributed by atoms with E-state index in [9.17, 15) is 10.1 Å². The highest BCUT2D eigenvalue weighted by Gasteiger charge is 2.10. The van der Waals surface area contributed by atoms with Gasteiger partial charge in [-0.2, -0.15) is 0 Å². The van der Waals surface area contributed by atoms with Gasteiger partial charge in [0.1, 0.15) is 5.69 Å². The number of nitrogens with zero attached hydrogens (tertiary/aromatic N) is 2. The second-order valence-electron chi connectivity index (χ2n) is 2.80. The summed E-state index contributed by atoms with van der Waals surface area (Å²) in [5.74, 6) is -1.03. The van der Waals surface area contributed by atoms with E-state index in [4.69, 9.17) is 21.4 Å². The van der Waals surface area contributed by atoms with Crippen molar-refractivity contribution >= 4 is 23.3 Å². The summed E-state index contributed by atoms with van der Waals surface area (Å²) in [5, 5.41) is 17.9. The summed E-state index contributed by atoms with van der Waals surface area (Å²) in [4.78, 5) is 22.5. The number of rotatable bonds is 2. The van der Waals surface area contributed by atoms with Crippen LogP contribution in [0.3, 0.4) is 0 Å². The maximum absolute atomic E-state index is 10.5. The lowest BCUT2D eigenvalue weighted by atomic mass is 10.3. The van der Waals surface area contributed by atoms with Crippen LogP contribution >= 0.6 is 0 Å². The molecular weight excluding hydrogens is 228 g/mol. The second-order valence-corrected chi connectivity index (χ2v) is 2.80. The van der Waals surface area contributed by atoms with Gasteiger partial charge in [-0.05, 0) is 6.07 Å². The van der Waals surface area contributed by atoms with Gasteiger partial charge >= 0.3 is 0 Å². The summed E-state index contributed by atoms with van der Waals surface area (Å²) < 4.78 is 0. The van der Waals surface area contributed by atoms with Gasteiger partial charge in [-0.3, -0.25) is 14.9 Å². The first-order chi connectivity index (χ1) is 7.84. The maximum atomic E-state index is 10.5. The van der Waals surface area contributed by atoms with Gasteiger partial charge in [0.25, 0.3) is 11.7 Å². The van der Waals surface area contributed by atoms with Crippen LogP contribution in [0.1, 0.15) is 6.92 Å². The molecule has 0 unspecified atom stereocenters. The van der Waals surface area contributed by atoms with Crippen molar-refractivity contribution in [1.29, 1.82) is 0 Å². The Labute approximate surface area is 96.7 Å². The minimum absolute atomic E-state index is 0.115. The summed E-state index contributed by atoms with van der Waals surface area (Å²) in [6.07, 6.45) is 0. The van der Waals surface area contributed by atoms with Crippen molar-refractivity contribution in [2.45, 2.75) is 6.92 Å². The number of nitrogens with two attached hydrogens (primary N) is 2. The van der Waals surface area contributed by atoms with Crippen LogP contribution in [-0.2, 0) is 4.79 Å². The molecule has 5 N–H and O–H groups in total. The Morgan fingerprint density at radius 3 is 2.29 bits per heavy atom. The Kier molecular flexibility index (Phi) is 5.72. The van der Waals surface area contributed by atoms with E-state index in [1.54, 1.807) is 12.1 Å². The number of guanidine groups is 1. The normalized spacial score (nSPS) is 8.53. The maximum Gasteiger partial charge on any atom is 0.300 e. The number of hydrogen-bond donors (Lipinski definition) is 3. The Balaban J connectivity index is 0.000000557. The van der Waals surface area contributed by atoms with E-state index in [2.05, 4.69) is 4.99 Å². The molecule has 0 bridgehead atoms. The van der Waals surface area contributed by atoms with Gasteiger partial charge in [0, 0.05) is 13.0 Å². The third-order valence-corrected chi connectivity index (χ3v) is 1.33. The molecular formula is C9H12N4O4. The molecule has 0 aliphatic carbocycles. The minimum Gasteiger partial charge on any atom is -0.481 e. The van der Waals surface area contributed by atoms with Crippen molar-refractivity contribution in [2.24, 2.45) is 16.5 Å². The number of carboxylic acid groups (broad SMARTS) is 1. The number of aliphatic carboxylic acids is 1. The molecule has 1 aromatic rings. The first-order valence-electron chi connectivity index (χ1n) is 4.37. The van der Waals surface area contributed by atoms with Crippen LogP contribution in [0, 0.1) is 10.1 Å². The summed E-state index contributed by atoms with van der Waals surface area (Å²) in [5.41, 5.74) is 10.2. The highest BCUT2D eigenvalue weighted by atomic mass is 16.6. The molecule has 0 amide bonds. The molecule has 0 fully saturated rings. The van der Waals surface area contributed by atoms with E-state index in [0.29, 0.717) is 0 Å². The van der Waals surface area contributed by atoms with E-state index in [0.717, 1.165) is 6.92 Å². The standard InChI is InChI=1S/C7H8N4O2.C2H4O2/c8-7(9)10-5-3-1-2-4-6(5)11(12)13;1-2(3)4/h1-4H,(H4,8,9,10);1H3,(H,3,4). The molecule has 0 aromatic heterocycles. The lowest BCUT2D eigenvalue weighted by Gasteiger charge is -1.96. The molecule has 0 saturated heterocycles. The first kappa shape index (κ1) is 14.4. The van der Waals surface area contributed by atoms with Crippen molar-refractivity contribution < 1.29 is 14.8 Å². The number of hydrogen-bond acceptors (Lipinski definition) is 4. The van der Waals surface area contributed by atoms with Gasteiger partial charge in [0.15, 0.2) is 5.96 Å². The number of nitro groups is 1. The van der Waals surface area contributed by atoms with Crippen molar-refractivity contribution in [1.82, 2.24) is 0 Å². The monoisotopic (exact) mass is 240 g/mol. The van der Waals surface area contributed by atoms with E-state index in [1.807, 2.05) is 0 Å². The molecule has 0 saturated carbocycles. The molecule has 0 spiro atoms. The number of nitro benzene ring substituents is 1. The van der Waals surface area contributed by atoms with Gasteiger partial charge in [0.05, 0.1) is 4.92 Å². The number of carboxylic acids is 1. The van der Waals surface area contributed by atoms with Crippen LogP contribution in [0.25, 0.3) is 0 Å². The van der Waals surface area contributed by atoms with Crippen molar-refractivity contribution in [3.05, 3.63) is 34.4 Å². The average Bonchev–Trinajstić information content (AvgIpc) is 2.16. The van der Waals surface area contributed by atoms with Crippen molar-refractivity contribution in [3.63, 3.8) is 0 Å². The van der Waals surface area contributed by atoms with Crippen molar-refractivity contribution in [3.8, 4) is 0 Å². The third-order valence-electron chi connectivity index (χ3n) is 1.33. The van der Waals surface area contributed by atoms with Crippen LogP contribution in [0.5, 0.6) is 0 Å². The van der Waals surface area contributed by atoms with Crippen LogP contribution < -0.4 is 11.5 Å². The number of aliphatic imine (C=N–C) groups is 1. The molecule has 8 heteroatoms. The second kappa shape index (κ2) is 6.77. The molecule has 17 heavy (non-hydrogen) atoms. The predicted octanol–water partition coefficient (Wildman–Crippen LogP) is 0.591. The number of para-hydroxylation sites is 2. The fourth-order valence-corrected chi connectivity index (χ4v) is 0.852. The average molecular weight is 240 g/mol. The van der Waals surface area contributed by atoms with E-state index < -0.39 is 10.9 Å². The lowest BCUT2D eigenvalue weighted by Crippen LogP contribution is -2.22. The van der Waals surface area contributed by atoms with Gasteiger partial charge in [-0.1, -0.05) is 12.1 Å². The highest BCUT2D eigenvalue weighted by Crippen LogP contribution is 2.25. The fourth-order valence-electron chi connectivity index (χ4n) is 0.852. The topological polar surface area (TPSA) is 145 Å². The number of carbonyl (C=O) groups is 1. The molecule has 8 nitrogen and oxygen atoms in total. The highest BCUT2D eigenvalue weighted by molar-refractivity contribution is 5.80. The van der Waals surface area contributed by atoms with Crippen LogP contribution in [0.4, 0.5) is 11.4 Å². The van der Waals surface area contributed by atoms with Gasteiger partial charge in [0.2, 0.25) is 0 Å². The zero-order valence-electron chi connectivity index (χ0n) is 9.03. The van der Waals surface area contributed by atoms with E-state index >= 15 is 0 Å². The summed E-state index contributed by atoms with van der Waals surface area (Å²) in [6, 6.07) is 5.97. The smallest absolute Gasteiger partial charge is 0.300 e. The minimum atomic E-state index is -0.833. The van der Waals surface area contributed by atoms with Crippen molar-refractivity contribution in [2.75, 3.05) is 0 Å².